The van der Waals surface area contributed by atoms with Gasteiger partial charge in [0.05, 0.1) is 0 Å². The van der Waals surface area contributed by atoms with Gasteiger partial charge in [-0.3, -0.25) is 4.90 Å². The summed E-state index contributed by atoms with van der Waals surface area (Å²) in [5.74, 6) is 0.658. The molecule has 0 amide bonds. The van der Waals surface area contributed by atoms with Gasteiger partial charge in [0.2, 0.25) is 0 Å². The molecule has 1 fully saturated rings. The highest BCUT2D eigenvalue weighted by molar-refractivity contribution is 5.16. The van der Waals surface area contributed by atoms with Crippen LogP contribution in [0.4, 0.5) is 0 Å². The number of likely N-dealkylation sites (N-methyl/N-ethyl adjacent to an activating group) is 1. The van der Waals surface area contributed by atoms with Crippen molar-refractivity contribution < 1.29 is 0 Å². The van der Waals surface area contributed by atoms with Crippen molar-refractivity contribution in [1.29, 1.82) is 0 Å². The van der Waals surface area contributed by atoms with Crippen LogP contribution >= 0.6 is 0 Å². The van der Waals surface area contributed by atoms with Crippen LogP contribution < -0.4 is 5.73 Å². The Morgan fingerprint density at radius 2 is 1.90 bits per heavy atom. The lowest BCUT2D eigenvalue weighted by Crippen LogP contribution is -2.55. The molecule has 20 heavy (non-hydrogen) atoms. The van der Waals surface area contributed by atoms with Crippen molar-refractivity contribution in [1.82, 2.24) is 4.90 Å². The summed E-state index contributed by atoms with van der Waals surface area (Å²) >= 11 is 0. The normalized spacial score (nSPS) is 29.0. The molecule has 0 aliphatic heterocycles. The monoisotopic (exact) mass is 274 g/mol. The fourth-order valence-corrected chi connectivity index (χ4v) is 4.31. The Morgan fingerprint density at radius 3 is 2.35 bits per heavy atom. The third-order valence-corrected chi connectivity index (χ3v) is 5.14. The second-order valence-electron chi connectivity index (χ2n) is 7.25. The molecule has 1 aromatic rings. The predicted octanol–water partition coefficient (Wildman–Crippen LogP) is 3.66. The summed E-state index contributed by atoms with van der Waals surface area (Å²) in [6.07, 6.45) is 2.48. The van der Waals surface area contributed by atoms with Crippen LogP contribution in [0.15, 0.2) is 30.3 Å². The van der Waals surface area contributed by atoms with Crippen molar-refractivity contribution >= 4 is 0 Å². The van der Waals surface area contributed by atoms with Crippen LogP contribution in [0.25, 0.3) is 0 Å². The van der Waals surface area contributed by atoms with E-state index in [0.29, 0.717) is 11.3 Å². The minimum atomic E-state index is 0.161. The molecule has 2 rings (SSSR count). The fourth-order valence-electron chi connectivity index (χ4n) is 4.31. The molecule has 2 nitrogen and oxygen atoms in total. The SMILES string of the molecule is CCN(Cc1ccccc1)C1(CN)CC(C)(C)CC1C. The molecule has 1 aliphatic carbocycles. The minimum Gasteiger partial charge on any atom is -0.329 e. The average Bonchev–Trinajstić information content (AvgIpc) is 2.67. The van der Waals surface area contributed by atoms with E-state index >= 15 is 0 Å². The topological polar surface area (TPSA) is 29.3 Å². The van der Waals surface area contributed by atoms with Gasteiger partial charge in [-0.25, -0.2) is 0 Å². The standard InChI is InChI=1S/C18H30N2/c1-5-20(12-16-9-7-6-8-10-16)18(14-19)13-17(3,4)11-15(18)2/h6-10,15H,5,11-14,19H2,1-4H3. The van der Waals surface area contributed by atoms with E-state index in [4.69, 9.17) is 5.73 Å². The van der Waals surface area contributed by atoms with Gasteiger partial charge in [-0.15, -0.1) is 0 Å². The average molecular weight is 274 g/mol. The van der Waals surface area contributed by atoms with Crippen molar-refractivity contribution in [3.63, 3.8) is 0 Å². The highest BCUT2D eigenvalue weighted by Crippen LogP contribution is 2.50. The molecule has 112 valence electrons. The molecule has 0 aromatic heterocycles. The molecule has 2 N–H and O–H groups in total. The highest BCUT2D eigenvalue weighted by Gasteiger charge is 2.50. The summed E-state index contributed by atoms with van der Waals surface area (Å²) in [5.41, 5.74) is 8.22. The maximum Gasteiger partial charge on any atom is 0.0365 e. The van der Waals surface area contributed by atoms with Gasteiger partial charge < -0.3 is 5.73 Å². The summed E-state index contributed by atoms with van der Waals surface area (Å²) in [5, 5.41) is 0. The third kappa shape index (κ3) is 2.91. The first kappa shape index (κ1) is 15.5. The zero-order valence-electron chi connectivity index (χ0n) is 13.5. The van der Waals surface area contributed by atoms with Crippen molar-refractivity contribution in [2.45, 2.75) is 52.6 Å². The highest BCUT2D eigenvalue weighted by atomic mass is 15.2. The van der Waals surface area contributed by atoms with E-state index in [9.17, 15) is 0 Å². The van der Waals surface area contributed by atoms with Gasteiger partial charge in [0, 0.05) is 18.6 Å². The van der Waals surface area contributed by atoms with Crippen LogP contribution in [0.3, 0.4) is 0 Å². The lowest BCUT2D eigenvalue weighted by atomic mass is 9.84. The van der Waals surface area contributed by atoms with E-state index in [1.54, 1.807) is 0 Å². The molecule has 0 saturated heterocycles. The molecule has 0 spiro atoms. The van der Waals surface area contributed by atoms with Gasteiger partial charge in [0.25, 0.3) is 0 Å². The Kier molecular flexibility index (Phi) is 4.55. The molecule has 1 aromatic carbocycles. The molecular formula is C18H30N2. The molecule has 0 radical (unpaired) electrons. The number of hydrogen-bond acceptors (Lipinski definition) is 2. The molecule has 1 aliphatic rings. The molecule has 2 atom stereocenters. The van der Waals surface area contributed by atoms with Crippen molar-refractivity contribution in [3.8, 4) is 0 Å². The van der Waals surface area contributed by atoms with Gasteiger partial charge in [-0.1, -0.05) is 58.0 Å². The first-order valence-electron chi connectivity index (χ1n) is 7.92. The summed E-state index contributed by atoms with van der Waals surface area (Å²) in [7, 11) is 0. The minimum absolute atomic E-state index is 0.161. The number of benzene rings is 1. The molecule has 0 heterocycles. The van der Waals surface area contributed by atoms with Crippen LogP contribution in [-0.4, -0.2) is 23.5 Å². The van der Waals surface area contributed by atoms with Gasteiger partial charge in [-0.05, 0) is 36.3 Å². The van der Waals surface area contributed by atoms with E-state index in [0.717, 1.165) is 19.6 Å². The summed E-state index contributed by atoms with van der Waals surface area (Å²) in [4.78, 5) is 2.61. The van der Waals surface area contributed by atoms with Crippen LogP contribution in [0.5, 0.6) is 0 Å². The van der Waals surface area contributed by atoms with Gasteiger partial charge in [0.15, 0.2) is 0 Å². The Bertz CT molecular complexity index is 426. The maximum atomic E-state index is 6.27. The zero-order chi connectivity index (χ0) is 14.8. The van der Waals surface area contributed by atoms with E-state index in [1.165, 1.54) is 18.4 Å². The molecule has 1 saturated carbocycles. The van der Waals surface area contributed by atoms with Gasteiger partial charge in [0.1, 0.15) is 0 Å². The quantitative estimate of drug-likeness (QED) is 0.888. The summed E-state index contributed by atoms with van der Waals surface area (Å²) in [6.45, 7) is 12.3. The Balaban J connectivity index is 2.24. The van der Waals surface area contributed by atoms with Crippen LogP contribution in [0.2, 0.25) is 0 Å². The molecule has 2 unspecified atom stereocenters. The second kappa shape index (κ2) is 5.87. The maximum absolute atomic E-state index is 6.27. The number of nitrogens with zero attached hydrogens (tertiary/aromatic N) is 1. The van der Waals surface area contributed by atoms with Gasteiger partial charge in [-0.2, -0.15) is 0 Å². The third-order valence-electron chi connectivity index (χ3n) is 5.14. The number of rotatable bonds is 5. The van der Waals surface area contributed by atoms with E-state index in [2.05, 4.69) is 62.9 Å². The lowest BCUT2D eigenvalue weighted by Gasteiger charge is -2.44. The fraction of sp³-hybridized carbons (Fsp3) is 0.667. The van der Waals surface area contributed by atoms with Crippen LogP contribution in [0.1, 0.15) is 46.1 Å². The van der Waals surface area contributed by atoms with Gasteiger partial charge >= 0.3 is 0 Å². The molecule has 0 bridgehead atoms. The Hall–Kier alpha value is -0.860. The van der Waals surface area contributed by atoms with Crippen LogP contribution in [-0.2, 0) is 6.54 Å². The lowest BCUT2D eigenvalue weighted by molar-refractivity contribution is 0.0564. The molecular weight excluding hydrogens is 244 g/mol. The van der Waals surface area contributed by atoms with Crippen molar-refractivity contribution in [2.24, 2.45) is 17.1 Å². The zero-order valence-corrected chi connectivity index (χ0v) is 13.5. The first-order valence-corrected chi connectivity index (χ1v) is 7.92. The van der Waals surface area contributed by atoms with E-state index < -0.39 is 0 Å². The first-order chi connectivity index (χ1) is 9.43. The summed E-state index contributed by atoms with van der Waals surface area (Å²) < 4.78 is 0. The van der Waals surface area contributed by atoms with Crippen molar-refractivity contribution in [3.05, 3.63) is 35.9 Å². The van der Waals surface area contributed by atoms with Crippen molar-refractivity contribution in [2.75, 3.05) is 13.1 Å². The largest absolute Gasteiger partial charge is 0.329 e. The number of hydrogen-bond donors (Lipinski definition) is 1. The second-order valence-corrected chi connectivity index (χ2v) is 7.25. The summed E-state index contributed by atoms with van der Waals surface area (Å²) in [6, 6.07) is 10.8. The Morgan fingerprint density at radius 1 is 1.25 bits per heavy atom. The smallest absolute Gasteiger partial charge is 0.0365 e. The number of nitrogens with two attached hydrogens (primary N) is 1. The van der Waals surface area contributed by atoms with E-state index in [1.807, 2.05) is 0 Å². The predicted molar refractivity (Wildman–Crippen MR) is 86.5 cm³/mol. The van der Waals surface area contributed by atoms with Crippen LogP contribution in [0, 0.1) is 11.3 Å². The molecule has 2 heteroatoms. The van der Waals surface area contributed by atoms with E-state index in [-0.39, 0.29) is 5.54 Å². The Labute approximate surface area is 124 Å².